The van der Waals surface area contributed by atoms with E-state index in [4.69, 9.17) is 5.73 Å². The Balaban J connectivity index is 2.92. The summed E-state index contributed by atoms with van der Waals surface area (Å²) in [5.74, 6) is 0. The highest BCUT2D eigenvalue weighted by atomic mass is 16.6. The van der Waals surface area contributed by atoms with Crippen LogP contribution in [-0.4, -0.2) is 43.6 Å². The van der Waals surface area contributed by atoms with Crippen molar-refractivity contribution in [3.05, 3.63) is 28.3 Å². The Morgan fingerprint density at radius 2 is 2.00 bits per heavy atom. The Hall–Kier alpha value is -1.82. The van der Waals surface area contributed by atoms with Gasteiger partial charge < -0.3 is 15.5 Å². The Kier molecular flexibility index (Phi) is 5.57. The van der Waals surface area contributed by atoms with Crippen LogP contribution in [0.4, 0.5) is 17.1 Å². The number of benzene rings is 1. The molecule has 2 N–H and O–H groups in total. The fourth-order valence-corrected chi connectivity index (χ4v) is 2.03. The molecule has 0 spiro atoms. The first-order valence-electron chi connectivity index (χ1n) is 6.40. The summed E-state index contributed by atoms with van der Waals surface area (Å²) in [6.45, 7) is 4.44. The number of nitrogens with zero attached hydrogens (tertiary/aromatic N) is 3. The molecule has 106 valence electrons. The molecule has 6 nitrogen and oxygen atoms in total. The van der Waals surface area contributed by atoms with Gasteiger partial charge in [-0.05, 0) is 46.1 Å². The first-order valence-corrected chi connectivity index (χ1v) is 6.40. The van der Waals surface area contributed by atoms with Gasteiger partial charge in [0.2, 0.25) is 0 Å². The van der Waals surface area contributed by atoms with Crippen LogP contribution in [0.5, 0.6) is 0 Å². The van der Waals surface area contributed by atoms with E-state index in [-0.39, 0.29) is 11.4 Å². The minimum absolute atomic E-state index is 0.00852. The number of nitro groups is 1. The normalized spacial score (nSPS) is 10.7. The van der Waals surface area contributed by atoms with E-state index in [2.05, 4.69) is 4.90 Å². The quantitative estimate of drug-likeness (QED) is 0.464. The summed E-state index contributed by atoms with van der Waals surface area (Å²) in [5.41, 5.74) is 6.54. The van der Waals surface area contributed by atoms with Gasteiger partial charge in [-0.3, -0.25) is 10.1 Å². The minimum atomic E-state index is -0.403. The molecule has 0 heterocycles. The van der Waals surface area contributed by atoms with Crippen molar-refractivity contribution in [3.8, 4) is 0 Å². The van der Waals surface area contributed by atoms with Crippen molar-refractivity contribution >= 4 is 17.1 Å². The van der Waals surface area contributed by atoms with Gasteiger partial charge in [-0.25, -0.2) is 0 Å². The maximum absolute atomic E-state index is 11.1. The van der Waals surface area contributed by atoms with Gasteiger partial charge in [0, 0.05) is 13.1 Å². The van der Waals surface area contributed by atoms with Crippen LogP contribution >= 0.6 is 0 Å². The van der Waals surface area contributed by atoms with Gasteiger partial charge in [-0.15, -0.1) is 0 Å². The zero-order chi connectivity index (χ0) is 14.4. The average molecular weight is 266 g/mol. The largest absolute Gasteiger partial charge is 0.393 e. The molecule has 0 aliphatic carbocycles. The van der Waals surface area contributed by atoms with Crippen LogP contribution in [0.15, 0.2) is 18.2 Å². The van der Waals surface area contributed by atoms with Crippen LogP contribution < -0.4 is 10.6 Å². The van der Waals surface area contributed by atoms with E-state index < -0.39 is 4.92 Å². The van der Waals surface area contributed by atoms with Crippen LogP contribution in [-0.2, 0) is 0 Å². The zero-order valence-electron chi connectivity index (χ0n) is 11.8. The molecule has 0 radical (unpaired) electrons. The second-order valence-electron chi connectivity index (χ2n) is 4.71. The van der Waals surface area contributed by atoms with Crippen molar-refractivity contribution in [1.29, 1.82) is 0 Å². The van der Waals surface area contributed by atoms with Gasteiger partial charge in [-0.2, -0.15) is 0 Å². The molecule has 0 aromatic heterocycles. The van der Waals surface area contributed by atoms with E-state index in [0.717, 1.165) is 26.1 Å². The van der Waals surface area contributed by atoms with Crippen molar-refractivity contribution in [1.82, 2.24) is 4.90 Å². The zero-order valence-corrected chi connectivity index (χ0v) is 11.8. The summed E-state index contributed by atoms with van der Waals surface area (Å²) in [4.78, 5) is 14.8. The Morgan fingerprint density at radius 1 is 1.32 bits per heavy atom. The maximum Gasteiger partial charge on any atom is 0.315 e. The maximum atomic E-state index is 11.1. The lowest BCUT2D eigenvalue weighted by Crippen LogP contribution is -2.27. The smallest absolute Gasteiger partial charge is 0.315 e. The third kappa shape index (κ3) is 4.10. The third-order valence-corrected chi connectivity index (χ3v) is 2.98. The molecule has 0 aliphatic heterocycles. The summed E-state index contributed by atoms with van der Waals surface area (Å²) in [5, 5.41) is 11.1. The molecule has 0 fully saturated rings. The molecule has 1 aromatic rings. The van der Waals surface area contributed by atoms with E-state index in [9.17, 15) is 10.1 Å². The number of nitrogens with two attached hydrogens (primary N) is 1. The first kappa shape index (κ1) is 15.2. The molecule has 0 saturated heterocycles. The Labute approximate surface area is 113 Å². The highest BCUT2D eigenvalue weighted by Gasteiger charge is 2.21. The standard InChI is InChI=1S/C13H22N4O2/c1-4-16(10-6-9-15(2)3)12-8-5-7-11(14)13(12)17(18)19/h5,7-8H,4,6,9-10,14H2,1-3H3. The van der Waals surface area contributed by atoms with E-state index in [1.807, 2.05) is 25.9 Å². The molecule has 0 amide bonds. The van der Waals surface area contributed by atoms with Crippen LogP contribution in [0.2, 0.25) is 0 Å². The molecule has 6 heteroatoms. The third-order valence-electron chi connectivity index (χ3n) is 2.98. The average Bonchev–Trinajstić information content (AvgIpc) is 2.33. The second-order valence-corrected chi connectivity index (χ2v) is 4.71. The molecule has 19 heavy (non-hydrogen) atoms. The summed E-state index contributed by atoms with van der Waals surface area (Å²) < 4.78 is 0. The van der Waals surface area contributed by atoms with Gasteiger partial charge in [0.05, 0.1) is 4.92 Å². The van der Waals surface area contributed by atoms with E-state index in [0.29, 0.717) is 5.69 Å². The number of nitrogen functional groups attached to an aromatic ring is 1. The molecule has 0 unspecified atom stereocenters. The summed E-state index contributed by atoms with van der Waals surface area (Å²) in [6.07, 6.45) is 0.951. The molecule has 1 rings (SSSR count). The predicted octanol–water partition coefficient (Wildman–Crippen LogP) is 1.95. The number of para-hydroxylation sites is 1. The second kappa shape index (κ2) is 6.94. The molecule has 0 bridgehead atoms. The summed E-state index contributed by atoms with van der Waals surface area (Å²) in [6, 6.07) is 5.08. The fourth-order valence-electron chi connectivity index (χ4n) is 2.03. The van der Waals surface area contributed by atoms with Crippen molar-refractivity contribution in [2.24, 2.45) is 0 Å². The molecule has 0 aliphatic rings. The Morgan fingerprint density at radius 3 is 2.53 bits per heavy atom. The molecule has 1 aromatic carbocycles. The number of hydrogen-bond acceptors (Lipinski definition) is 5. The highest BCUT2D eigenvalue weighted by Crippen LogP contribution is 2.33. The number of hydrogen-bond donors (Lipinski definition) is 1. The SMILES string of the molecule is CCN(CCCN(C)C)c1cccc(N)c1[N+](=O)[O-]. The van der Waals surface area contributed by atoms with Crippen molar-refractivity contribution in [3.63, 3.8) is 0 Å². The lowest BCUT2D eigenvalue weighted by atomic mass is 10.2. The van der Waals surface area contributed by atoms with Crippen LogP contribution in [0.3, 0.4) is 0 Å². The van der Waals surface area contributed by atoms with Gasteiger partial charge in [-0.1, -0.05) is 6.07 Å². The molecule has 0 saturated carbocycles. The van der Waals surface area contributed by atoms with E-state index in [1.54, 1.807) is 18.2 Å². The van der Waals surface area contributed by atoms with Crippen LogP contribution in [0.1, 0.15) is 13.3 Å². The lowest BCUT2D eigenvalue weighted by Gasteiger charge is -2.24. The van der Waals surface area contributed by atoms with E-state index in [1.165, 1.54) is 0 Å². The highest BCUT2D eigenvalue weighted by molar-refractivity contribution is 5.75. The fraction of sp³-hybridized carbons (Fsp3) is 0.538. The number of nitro benzene ring substituents is 1. The summed E-state index contributed by atoms with van der Waals surface area (Å²) in [7, 11) is 4.03. The molecular weight excluding hydrogens is 244 g/mol. The van der Waals surface area contributed by atoms with Gasteiger partial charge in [0.15, 0.2) is 0 Å². The van der Waals surface area contributed by atoms with Crippen molar-refractivity contribution in [2.45, 2.75) is 13.3 Å². The molecule has 0 atom stereocenters. The van der Waals surface area contributed by atoms with E-state index >= 15 is 0 Å². The lowest BCUT2D eigenvalue weighted by molar-refractivity contribution is -0.383. The topological polar surface area (TPSA) is 75.6 Å². The number of rotatable bonds is 7. The Bertz CT molecular complexity index is 435. The monoisotopic (exact) mass is 266 g/mol. The molecular formula is C13H22N4O2. The van der Waals surface area contributed by atoms with Crippen LogP contribution in [0.25, 0.3) is 0 Å². The number of anilines is 2. The van der Waals surface area contributed by atoms with Crippen molar-refractivity contribution < 1.29 is 4.92 Å². The van der Waals surface area contributed by atoms with Gasteiger partial charge >= 0.3 is 5.69 Å². The predicted molar refractivity (Wildman–Crippen MR) is 78.6 cm³/mol. The minimum Gasteiger partial charge on any atom is -0.393 e. The first-order chi connectivity index (χ1) is 8.97. The van der Waals surface area contributed by atoms with Gasteiger partial charge in [0.1, 0.15) is 11.4 Å². The van der Waals surface area contributed by atoms with Gasteiger partial charge in [0.25, 0.3) is 0 Å². The van der Waals surface area contributed by atoms with Crippen molar-refractivity contribution in [2.75, 3.05) is 44.4 Å². The summed E-state index contributed by atoms with van der Waals surface area (Å²) >= 11 is 0. The van der Waals surface area contributed by atoms with Crippen LogP contribution in [0, 0.1) is 10.1 Å².